The molecule has 0 aliphatic heterocycles. The van der Waals surface area contributed by atoms with Crippen LogP contribution in [0.3, 0.4) is 0 Å². The Bertz CT molecular complexity index is 1180. The van der Waals surface area contributed by atoms with E-state index < -0.39 is 4.92 Å². The molecule has 4 aromatic rings. The number of rotatable bonds is 6. The molecular formula is C22H18N4O4. The van der Waals surface area contributed by atoms with Crippen molar-refractivity contribution in [1.29, 1.82) is 0 Å². The average Bonchev–Trinajstić information content (AvgIpc) is 3.44. The maximum absolute atomic E-state index is 13.1. The van der Waals surface area contributed by atoms with Gasteiger partial charge in [-0.15, -0.1) is 0 Å². The Morgan fingerprint density at radius 3 is 2.60 bits per heavy atom. The topological polar surface area (TPSA) is 103 Å². The van der Waals surface area contributed by atoms with Crippen LogP contribution in [-0.2, 0) is 0 Å². The SMILES string of the molecule is CC(NC(=O)c1cc(-c2ccco2)nn1-c1cccc([N+](=O)[O-])c1)c1ccccc1. The Labute approximate surface area is 171 Å². The van der Waals surface area contributed by atoms with Gasteiger partial charge in [0.25, 0.3) is 11.6 Å². The van der Waals surface area contributed by atoms with Gasteiger partial charge in [0.05, 0.1) is 22.9 Å². The zero-order valence-electron chi connectivity index (χ0n) is 16.1. The summed E-state index contributed by atoms with van der Waals surface area (Å²) >= 11 is 0. The molecule has 1 N–H and O–H groups in total. The van der Waals surface area contributed by atoms with Crippen LogP contribution in [0.4, 0.5) is 5.69 Å². The molecule has 150 valence electrons. The van der Waals surface area contributed by atoms with Crippen LogP contribution >= 0.6 is 0 Å². The number of benzene rings is 2. The van der Waals surface area contributed by atoms with Crippen molar-refractivity contribution in [2.75, 3.05) is 0 Å². The summed E-state index contributed by atoms with van der Waals surface area (Å²) in [4.78, 5) is 23.8. The zero-order valence-corrected chi connectivity index (χ0v) is 16.1. The quantitative estimate of drug-likeness (QED) is 0.377. The first-order chi connectivity index (χ1) is 14.5. The lowest BCUT2D eigenvalue weighted by Gasteiger charge is -2.15. The number of amides is 1. The van der Waals surface area contributed by atoms with Crippen LogP contribution in [0, 0.1) is 10.1 Å². The molecule has 2 aromatic carbocycles. The van der Waals surface area contributed by atoms with E-state index in [0.717, 1.165) is 5.56 Å². The van der Waals surface area contributed by atoms with E-state index >= 15 is 0 Å². The third-order valence-electron chi connectivity index (χ3n) is 4.65. The number of nitro benzene ring substituents is 1. The summed E-state index contributed by atoms with van der Waals surface area (Å²) in [5.41, 5.74) is 1.96. The fourth-order valence-corrected chi connectivity index (χ4v) is 3.12. The maximum atomic E-state index is 13.1. The Kier molecular flexibility index (Phi) is 5.13. The predicted molar refractivity (Wildman–Crippen MR) is 110 cm³/mol. The second kappa shape index (κ2) is 8.04. The van der Waals surface area contributed by atoms with Gasteiger partial charge in [0, 0.05) is 18.2 Å². The lowest BCUT2D eigenvalue weighted by Crippen LogP contribution is -2.28. The molecular weight excluding hydrogens is 384 g/mol. The van der Waals surface area contributed by atoms with E-state index in [1.54, 1.807) is 30.3 Å². The Balaban J connectivity index is 1.73. The summed E-state index contributed by atoms with van der Waals surface area (Å²) in [6, 6.07) is 20.4. The standard InChI is InChI=1S/C22H18N4O4/c1-15(16-7-3-2-4-8-16)23-22(27)20-14-19(21-11-6-12-30-21)24-25(20)17-9-5-10-18(13-17)26(28)29/h2-15H,1H3,(H,23,27). The number of hydrogen-bond acceptors (Lipinski definition) is 5. The van der Waals surface area contributed by atoms with Crippen LogP contribution in [0.2, 0.25) is 0 Å². The normalized spacial score (nSPS) is 11.8. The molecule has 4 rings (SSSR count). The number of nitrogens with zero attached hydrogens (tertiary/aromatic N) is 3. The highest BCUT2D eigenvalue weighted by atomic mass is 16.6. The van der Waals surface area contributed by atoms with Crippen LogP contribution in [0.5, 0.6) is 0 Å². The van der Waals surface area contributed by atoms with Gasteiger partial charge in [-0.1, -0.05) is 36.4 Å². The first-order valence-corrected chi connectivity index (χ1v) is 9.27. The molecule has 0 saturated carbocycles. The van der Waals surface area contributed by atoms with Crippen molar-refractivity contribution in [2.24, 2.45) is 0 Å². The minimum absolute atomic E-state index is 0.0911. The smallest absolute Gasteiger partial charge is 0.271 e. The van der Waals surface area contributed by atoms with Gasteiger partial charge < -0.3 is 9.73 Å². The molecule has 0 aliphatic carbocycles. The number of nitro groups is 1. The highest BCUT2D eigenvalue weighted by Crippen LogP contribution is 2.24. The number of furan rings is 1. The molecule has 0 spiro atoms. The van der Waals surface area contributed by atoms with Gasteiger partial charge in [-0.2, -0.15) is 5.10 Å². The molecule has 2 heterocycles. The zero-order chi connectivity index (χ0) is 21.1. The number of hydrogen-bond donors (Lipinski definition) is 1. The molecule has 30 heavy (non-hydrogen) atoms. The molecule has 1 amide bonds. The molecule has 1 unspecified atom stereocenters. The van der Waals surface area contributed by atoms with Gasteiger partial charge in [-0.25, -0.2) is 4.68 Å². The average molecular weight is 402 g/mol. The van der Waals surface area contributed by atoms with Gasteiger partial charge in [-0.3, -0.25) is 14.9 Å². The number of carbonyl (C=O) groups excluding carboxylic acids is 1. The van der Waals surface area contributed by atoms with Crippen molar-refractivity contribution in [1.82, 2.24) is 15.1 Å². The summed E-state index contributed by atoms with van der Waals surface area (Å²) in [7, 11) is 0. The Hall–Kier alpha value is -4.20. The predicted octanol–water partition coefficient (Wildman–Crippen LogP) is 4.53. The monoisotopic (exact) mass is 402 g/mol. The highest BCUT2D eigenvalue weighted by molar-refractivity contribution is 5.94. The lowest BCUT2D eigenvalue weighted by molar-refractivity contribution is -0.384. The van der Waals surface area contributed by atoms with Crippen molar-refractivity contribution in [2.45, 2.75) is 13.0 Å². The van der Waals surface area contributed by atoms with Crippen molar-refractivity contribution in [3.8, 4) is 17.1 Å². The Morgan fingerprint density at radius 1 is 1.10 bits per heavy atom. The summed E-state index contributed by atoms with van der Waals surface area (Å²) in [6.07, 6.45) is 1.51. The number of non-ortho nitro benzene ring substituents is 1. The van der Waals surface area contributed by atoms with Crippen molar-refractivity contribution in [3.05, 3.63) is 100 Å². The molecule has 8 heteroatoms. The van der Waals surface area contributed by atoms with E-state index in [4.69, 9.17) is 4.42 Å². The van der Waals surface area contributed by atoms with E-state index in [0.29, 0.717) is 17.1 Å². The van der Waals surface area contributed by atoms with Crippen LogP contribution < -0.4 is 5.32 Å². The third kappa shape index (κ3) is 3.83. The van der Waals surface area contributed by atoms with Crippen LogP contribution in [0.15, 0.2) is 83.5 Å². The molecule has 0 saturated heterocycles. The third-order valence-corrected chi connectivity index (χ3v) is 4.65. The van der Waals surface area contributed by atoms with Crippen LogP contribution in [-0.4, -0.2) is 20.6 Å². The lowest BCUT2D eigenvalue weighted by atomic mass is 10.1. The molecule has 8 nitrogen and oxygen atoms in total. The molecule has 0 aliphatic rings. The first-order valence-electron chi connectivity index (χ1n) is 9.27. The fourth-order valence-electron chi connectivity index (χ4n) is 3.12. The van der Waals surface area contributed by atoms with Gasteiger partial charge >= 0.3 is 0 Å². The number of aromatic nitrogens is 2. The highest BCUT2D eigenvalue weighted by Gasteiger charge is 2.21. The van der Waals surface area contributed by atoms with E-state index in [1.807, 2.05) is 37.3 Å². The largest absolute Gasteiger partial charge is 0.463 e. The minimum Gasteiger partial charge on any atom is -0.463 e. The van der Waals surface area contributed by atoms with E-state index in [2.05, 4.69) is 10.4 Å². The van der Waals surface area contributed by atoms with Crippen molar-refractivity contribution >= 4 is 11.6 Å². The van der Waals surface area contributed by atoms with Gasteiger partial charge in [0.1, 0.15) is 11.4 Å². The second-order valence-electron chi connectivity index (χ2n) is 6.69. The molecule has 0 bridgehead atoms. The van der Waals surface area contributed by atoms with E-state index in [-0.39, 0.29) is 23.3 Å². The van der Waals surface area contributed by atoms with Gasteiger partial charge in [0.15, 0.2) is 5.76 Å². The first kappa shape index (κ1) is 19.1. The number of carbonyl (C=O) groups is 1. The molecule has 2 aromatic heterocycles. The Morgan fingerprint density at radius 2 is 1.90 bits per heavy atom. The van der Waals surface area contributed by atoms with Crippen LogP contribution in [0.1, 0.15) is 29.0 Å². The second-order valence-corrected chi connectivity index (χ2v) is 6.69. The fraction of sp³-hybridized carbons (Fsp3) is 0.0909. The summed E-state index contributed by atoms with van der Waals surface area (Å²) in [6.45, 7) is 1.88. The molecule has 0 fully saturated rings. The summed E-state index contributed by atoms with van der Waals surface area (Å²) in [5.74, 6) is 0.132. The van der Waals surface area contributed by atoms with E-state index in [1.165, 1.54) is 23.1 Å². The van der Waals surface area contributed by atoms with Crippen LogP contribution in [0.25, 0.3) is 17.1 Å². The minimum atomic E-state index is -0.488. The number of nitrogens with one attached hydrogen (secondary N) is 1. The maximum Gasteiger partial charge on any atom is 0.271 e. The summed E-state index contributed by atoms with van der Waals surface area (Å²) < 4.78 is 6.79. The van der Waals surface area contributed by atoms with Gasteiger partial charge in [0.2, 0.25) is 0 Å². The van der Waals surface area contributed by atoms with Crippen molar-refractivity contribution in [3.63, 3.8) is 0 Å². The van der Waals surface area contributed by atoms with Crippen molar-refractivity contribution < 1.29 is 14.1 Å². The van der Waals surface area contributed by atoms with E-state index in [9.17, 15) is 14.9 Å². The van der Waals surface area contributed by atoms with Gasteiger partial charge in [-0.05, 0) is 30.7 Å². The molecule has 1 atom stereocenters. The molecule has 0 radical (unpaired) electrons. The summed E-state index contributed by atoms with van der Waals surface area (Å²) in [5, 5.41) is 18.6.